The molecule has 2 atom stereocenters. The van der Waals surface area contributed by atoms with Crippen LogP contribution in [-0.2, 0) is 4.74 Å². The van der Waals surface area contributed by atoms with Crippen molar-refractivity contribution in [2.45, 2.75) is 24.8 Å². The third-order valence-electron chi connectivity index (χ3n) is 4.92. The first-order valence-corrected chi connectivity index (χ1v) is 7.09. The number of fused-ring (bicyclic) bond motifs is 2. The molecule has 1 spiro atoms. The van der Waals surface area contributed by atoms with E-state index >= 15 is 0 Å². The molecule has 5 heteroatoms. The van der Waals surface area contributed by atoms with E-state index in [0.29, 0.717) is 5.92 Å². The lowest BCUT2D eigenvalue weighted by Gasteiger charge is -2.50. The number of hydrogen-bond donors (Lipinski definition) is 1. The van der Waals surface area contributed by atoms with Crippen LogP contribution in [0.1, 0.15) is 12.8 Å². The first-order chi connectivity index (χ1) is 9.27. The maximum atomic E-state index is 6.23. The number of rotatable bonds is 1. The van der Waals surface area contributed by atoms with Gasteiger partial charge < -0.3 is 14.5 Å². The summed E-state index contributed by atoms with van der Waals surface area (Å²) in [7, 11) is 0. The van der Waals surface area contributed by atoms with Crippen LogP contribution >= 0.6 is 0 Å². The van der Waals surface area contributed by atoms with E-state index in [9.17, 15) is 0 Å². The minimum absolute atomic E-state index is 0.0564. The molecule has 102 valence electrons. The zero-order chi connectivity index (χ0) is 12.9. The zero-order valence-electron chi connectivity index (χ0n) is 11.0. The van der Waals surface area contributed by atoms with E-state index in [-0.39, 0.29) is 12.0 Å². The minimum atomic E-state index is -0.331. The van der Waals surface area contributed by atoms with Crippen LogP contribution in [0.2, 0.25) is 0 Å². The van der Waals surface area contributed by atoms with Crippen molar-refractivity contribution >= 4 is 5.69 Å². The van der Waals surface area contributed by atoms with Gasteiger partial charge in [0.05, 0.1) is 6.54 Å². The molecule has 4 fully saturated rings. The first-order valence-electron chi connectivity index (χ1n) is 7.09. The normalized spacial score (nSPS) is 41.1. The number of aromatic nitrogens is 1. The van der Waals surface area contributed by atoms with Crippen LogP contribution in [0.15, 0.2) is 24.5 Å². The predicted octanol–water partition coefficient (Wildman–Crippen LogP) is 0.625. The lowest BCUT2D eigenvalue weighted by Crippen LogP contribution is -2.61. The number of piperidine rings is 3. The van der Waals surface area contributed by atoms with Gasteiger partial charge in [0.1, 0.15) is 5.60 Å². The number of nitrogens with zero attached hydrogens (tertiary/aromatic N) is 3. The monoisotopic (exact) mass is 260 g/mol. The van der Waals surface area contributed by atoms with Crippen LogP contribution in [0.3, 0.4) is 0 Å². The second-order valence-corrected chi connectivity index (χ2v) is 5.96. The molecule has 19 heavy (non-hydrogen) atoms. The smallest absolute Gasteiger partial charge is 0.185 e. The van der Waals surface area contributed by atoms with Crippen LogP contribution in [0, 0.1) is 5.92 Å². The third kappa shape index (κ3) is 1.76. The molecule has 0 aromatic carbocycles. The van der Waals surface area contributed by atoms with Crippen LogP contribution in [0.25, 0.3) is 0 Å². The summed E-state index contributed by atoms with van der Waals surface area (Å²) in [5.41, 5.74) is 7.26. The van der Waals surface area contributed by atoms with E-state index < -0.39 is 0 Å². The summed E-state index contributed by atoms with van der Waals surface area (Å²) >= 11 is 0. The molecule has 2 unspecified atom stereocenters. The van der Waals surface area contributed by atoms with E-state index in [1.54, 1.807) is 0 Å². The van der Waals surface area contributed by atoms with Crippen LogP contribution in [0.5, 0.6) is 0 Å². The van der Waals surface area contributed by atoms with Gasteiger partial charge in [-0.1, -0.05) is 0 Å². The summed E-state index contributed by atoms with van der Waals surface area (Å²) < 4.78 is 6.23. The summed E-state index contributed by atoms with van der Waals surface area (Å²) in [6, 6.07) is 4.01. The van der Waals surface area contributed by atoms with Crippen molar-refractivity contribution < 1.29 is 4.74 Å². The summed E-state index contributed by atoms with van der Waals surface area (Å²) in [4.78, 5) is 8.75. The Balaban J connectivity index is 1.61. The number of nitrogens with two attached hydrogens (primary N) is 1. The SMILES string of the molecule is NC1OC2(CN3CCC2CC3)CN1c1ccncc1. The Morgan fingerprint density at radius 3 is 2.58 bits per heavy atom. The molecule has 2 N–H and O–H groups in total. The average molecular weight is 260 g/mol. The Bertz CT molecular complexity index is 460. The van der Waals surface area contributed by atoms with E-state index in [0.717, 1.165) is 18.8 Å². The number of ether oxygens (including phenoxy) is 1. The van der Waals surface area contributed by atoms with Crippen LogP contribution < -0.4 is 10.6 Å². The van der Waals surface area contributed by atoms with Gasteiger partial charge in [0.25, 0.3) is 0 Å². The molecule has 2 bridgehead atoms. The molecule has 4 aliphatic heterocycles. The molecule has 5 rings (SSSR count). The molecule has 4 saturated heterocycles. The largest absolute Gasteiger partial charge is 0.335 e. The molecule has 1 aromatic heterocycles. The Morgan fingerprint density at radius 1 is 1.21 bits per heavy atom. The van der Waals surface area contributed by atoms with E-state index in [2.05, 4.69) is 14.8 Å². The second kappa shape index (κ2) is 4.16. The highest BCUT2D eigenvalue weighted by Gasteiger charge is 2.54. The van der Waals surface area contributed by atoms with Gasteiger partial charge in [-0.25, -0.2) is 0 Å². The second-order valence-electron chi connectivity index (χ2n) is 5.96. The molecule has 5 heterocycles. The Kier molecular flexibility index (Phi) is 2.55. The molecular formula is C14H20N4O. The number of pyridine rings is 1. The van der Waals surface area contributed by atoms with Gasteiger partial charge in [-0.05, 0) is 44.0 Å². The maximum Gasteiger partial charge on any atom is 0.185 e. The average Bonchev–Trinajstić information content (AvgIpc) is 2.77. The van der Waals surface area contributed by atoms with Crippen molar-refractivity contribution in [2.24, 2.45) is 11.7 Å². The van der Waals surface area contributed by atoms with Crippen LogP contribution in [-0.4, -0.2) is 48.0 Å². The summed E-state index contributed by atoms with van der Waals surface area (Å²) in [6.07, 6.45) is 5.78. The molecule has 0 radical (unpaired) electrons. The topological polar surface area (TPSA) is 54.6 Å². The standard InChI is InChI=1S/C14H20N4O/c15-13-18(12-1-5-16-6-2-12)10-14(19-13)9-17-7-3-11(14)4-8-17/h1-2,5-6,11,13H,3-4,7-10,15H2. The molecule has 0 amide bonds. The zero-order valence-corrected chi connectivity index (χ0v) is 11.0. The fraction of sp³-hybridized carbons (Fsp3) is 0.643. The Labute approximate surface area is 113 Å². The van der Waals surface area contributed by atoms with Gasteiger partial charge in [-0.3, -0.25) is 10.7 Å². The van der Waals surface area contributed by atoms with Gasteiger partial charge >= 0.3 is 0 Å². The molecule has 4 aliphatic rings. The van der Waals surface area contributed by atoms with Gasteiger partial charge in [0, 0.05) is 24.6 Å². The van der Waals surface area contributed by atoms with Crippen molar-refractivity contribution in [2.75, 3.05) is 31.1 Å². The summed E-state index contributed by atoms with van der Waals surface area (Å²) in [5, 5.41) is 0. The third-order valence-corrected chi connectivity index (χ3v) is 4.92. The summed E-state index contributed by atoms with van der Waals surface area (Å²) in [5.74, 6) is 0.662. The number of anilines is 1. The van der Waals surface area contributed by atoms with Gasteiger partial charge in [-0.15, -0.1) is 0 Å². The molecular weight excluding hydrogens is 240 g/mol. The van der Waals surface area contributed by atoms with Crippen molar-refractivity contribution in [1.29, 1.82) is 0 Å². The lowest BCUT2D eigenvalue weighted by atomic mass is 9.75. The van der Waals surface area contributed by atoms with Crippen molar-refractivity contribution in [1.82, 2.24) is 9.88 Å². The van der Waals surface area contributed by atoms with E-state index in [1.165, 1.54) is 25.9 Å². The van der Waals surface area contributed by atoms with Gasteiger partial charge in [-0.2, -0.15) is 0 Å². The number of hydrogen-bond acceptors (Lipinski definition) is 5. The lowest BCUT2D eigenvalue weighted by molar-refractivity contribution is -0.137. The molecule has 1 aromatic rings. The molecule has 0 aliphatic carbocycles. The Morgan fingerprint density at radius 2 is 1.95 bits per heavy atom. The highest BCUT2D eigenvalue weighted by molar-refractivity contribution is 5.47. The van der Waals surface area contributed by atoms with Crippen LogP contribution in [0.4, 0.5) is 5.69 Å². The van der Waals surface area contributed by atoms with Crippen molar-refractivity contribution in [3.05, 3.63) is 24.5 Å². The van der Waals surface area contributed by atoms with Gasteiger partial charge in [0.2, 0.25) is 0 Å². The first kappa shape index (κ1) is 11.6. The highest BCUT2D eigenvalue weighted by Crippen LogP contribution is 2.43. The van der Waals surface area contributed by atoms with Gasteiger partial charge in [0.15, 0.2) is 6.35 Å². The minimum Gasteiger partial charge on any atom is -0.335 e. The fourth-order valence-electron chi connectivity index (χ4n) is 3.93. The van der Waals surface area contributed by atoms with E-state index in [4.69, 9.17) is 10.5 Å². The summed E-state index contributed by atoms with van der Waals surface area (Å²) in [6.45, 7) is 4.38. The highest BCUT2D eigenvalue weighted by atomic mass is 16.6. The molecule has 5 nitrogen and oxygen atoms in total. The Hall–Kier alpha value is -1.17. The van der Waals surface area contributed by atoms with Crippen molar-refractivity contribution in [3.63, 3.8) is 0 Å². The van der Waals surface area contributed by atoms with Crippen molar-refractivity contribution in [3.8, 4) is 0 Å². The predicted molar refractivity (Wildman–Crippen MR) is 72.5 cm³/mol. The van der Waals surface area contributed by atoms with E-state index in [1.807, 2.05) is 24.5 Å². The maximum absolute atomic E-state index is 6.23. The molecule has 0 saturated carbocycles. The quantitative estimate of drug-likeness (QED) is 0.802. The fourth-order valence-corrected chi connectivity index (χ4v) is 3.93.